The zero-order valence-electron chi connectivity index (χ0n) is 17.8. The summed E-state index contributed by atoms with van der Waals surface area (Å²) >= 11 is 6.24. The predicted octanol–water partition coefficient (Wildman–Crippen LogP) is 2.87. The third-order valence-corrected chi connectivity index (χ3v) is 6.34. The molecule has 6 nitrogen and oxygen atoms in total. The van der Waals surface area contributed by atoms with Crippen molar-refractivity contribution >= 4 is 17.6 Å². The third-order valence-electron chi connectivity index (χ3n) is 6.11. The molecule has 2 aliphatic rings. The van der Waals surface area contributed by atoms with Crippen LogP contribution >= 0.6 is 11.6 Å². The van der Waals surface area contributed by atoms with E-state index in [1.807, 2.05) is 36.9 Å². The number of β-amino-alcohol motifs (C(OH)–C–C–N with tert-alkyl or cyclic N) is 1. The number of urea groups is 1. The molecule has 2 heterocycles. The fourth-order valence-electron chi connectivity index (χ4n) is 4.42. The van der Waals surface area contributed by atoms with Crippen LogP contribution in [0.2, 0.25) is 5.02 Å². The highest BCUT2D eigenvalue weighted by molar-refractivity contribution is 6.30. The van der Waals surface area contributed by atoms with E-state index < -0.39 is 5.60 Å². The van der Waals surface area contributed by atoms with Crippen LogP contribution in [0.5, 0.6) is 0 Å². The maximum atomic E-state index is 12.9. The van der Waals surface area contributed by atoms with Crippen LogP contribution in [0.4, 0.5) is 4.79 Å². The number of aliphatic hydroxyl groups is 1. The Labute approximate surface area is 179 Å². The van der Waals surface area contributed by atoms with Crippen molar-refractivity contribution in [2.24, 2.45) is 0 Å². The molecule has 0 bridgehead atoms. The molecule has 2 fully saturated rings. The van der Waals surface area contributed by atoms with Gasteiger partial charge in [0.25, 0.3) is 0 Å². The van der Waals surface area contributed by atoms with Crippen LogP contribution in [0.15, 0.2) is 24.3 Å². The summed E-state index contributed by atoms with van der Waals surface area (Å²) in [6.45, 7) is 10.4. The smallest absolute Gasteiger partial charge is 0.317 e. The number of hydrogen-bond acceptors (Lipinski definition) is 4. The Morgan fingerprint density at radius 3 is 2.69 bits per heavy atom. The fourth-order valence-corrected chi connectivity index (χ4v) is 4.61. The summed E-state index contributed by atoms with van der Waals surface area (Å²) in [6.07, 6.45) is 1.73. The van der Waals surface area contributed by atoms with Gasteiger partial charge in [0.2, 0.25) is 0 Å². The van der Waals surface area contributed by atoms with Gasteiger partial charge in [0.15, 0.2) is 0 Å². The summed E-state index contributed by atoms with van der Waals surface area (Å²) < 4.78 is 5.58. The zero-order valence-corrected chi connectivity index (χ0v) is 18.5. The molecule has 1 atom stereocenters. The van der Waals surface area contributed by atoms with Gasteiger partial charge in [-0.25, -0.2) is 4.79 Å². The van der Waals surface area contributed by atoms with Crippen molar-refractivity contribution in [2.75, 3.05) is 45.9 Å². The molecule has 29 heavy (non-hydrogen) atoms. The van der Waals surface area contributed by atoms with E-state index in [1.165, 1.54) is 0 Å². The van der Waals surface area contributed by atoms with Crippen LogP contribution in [0.3, 0.4) is 0 Å². The summed E-state index contributed by atoms with van der Waals surface area (Å²) in [5.41, 5.74) is 0.287. The van der Waals surface area contributed by atoms with E-state index in [0.717, 1.165) is 30.0 Å². The Kier molecular flexibility index (Phi) is 7.10. The Bertz CT molecular complexity index is 701. The maximum Gasteiger partial charge on any atom is 0.317 e. The van der Waals surface area contributed by atoms with Crippen molar-refractivity contribution in [1.29, 1.82) is 0 Å². The van der Waals surface area contributed by atoms with E-state index in [4.69, 9.17) is 16.3 Å². The predicted molar refractivity (Wildman–Crippen MR) is 115 cm³/mol. The van der Waals surface area contributed by atoms with Gasteiger partial charge in [-0.3, -0.25) is 4.90 Å². The van der Waals surface area contributed by atoms with Crippen LogP contribution in [-0.2, 0) is 10.2 Å². The summed E-state index contributed by atoms with van der Waals surface area (Å²) in [5.74, 6) is 0. The van der Waals surface area contributed by atoms with Crippen molar-refractivity contribution in [3.05, 3.63) is 34.9 Å². The second kappa shape index (κ2) is 9.21. The first-order chi connectivity index (χ1) is 13.7. The van der Waals surface area contributed by atoms with Gasteiger partial charge < -0.3 is 20.1 Å². The minimum atomic E-state index is -0.731. The number of hydrogen-bond donors (Lipinski definition) is 2. The standard InChI is InChI=1S/C22H34ClN3O3/c1-17-14-25(9-10-26(17)16-21(2,3)28)20(27)24-15-22(7-11-29-12-8-22)18-5-4-6-19(23)13-18/h4-6,13,17,28H,7-12,14-16H2,1-3H3,(H,24,27). The number of ether oxygens (including phenoxy) is 1. The van der Waals surface area contributed by atoms with Gasteiger partial charge in [-0.05, 0) is 51.3 Å². The van der Waals surface area contributed by atoms with Gasteiger partial charge in [0.05, 0.1) is 5.60 Å². The van der Waals surface area contributed by atoms with E-state index in [-0.39, 0.29) is 17.5 Å². The van der Waals surface area contributed by atoms with Crippen LogP contribution in [-0.4, -0.2) is 78.5 Å². The van der Waals surface area contributed by atoms with E-state index in [9.17, 15) is 9.90 Å². The minimum Gasteiger partial charge on any atom is -0.389 e. The SMILES string of the molecule is CC1CN(C(=O)NCC2(c3cccc(Cl)c3)CCOCC2)CCN1CC(C)(C)O. The number of piperazine rings is 1. The minimum absolute atomic E-state index is 0.0207. The first kappa shape index (κ1) is 22.3. The van der Waals surface area contributed by atoms with Gasteiger partial charge in [-0.2, -0.15) is 0 Å². The number of carbonyl (C=O) groups is 1. The van der Waals surface area contributed by atoms with Gasteiger partial charge in [0.1, 0.15) is 0 Å². The highest BCUT2D eigenvalue weighted by atomic mass is 35.5. The largest absolute Gasteiger partial charge is 0.389 e. The summed E-state index contributed by atoms with van der Waals surface area (Å²) in [7, 11) is 0. The Hall–Kier alpha value is -1.34. The highest BCUT2D eigenvalue weighted by Crippen LogP contribution is 2.35. The Morgan fingerprint density at radius 2 is 2.07 bits per heavy atom. The molecule has 0 aromatic heterocycles. The molecule has 0 saturated carbocycles. The fraction of sp³-hybridized carbons (Fsp3) is 0.682. The van der Waals surface area contributed by atoms with Gasteiger partial charge in [0, 0.05) is 62.4 Å². The zero-order chi connectivity index (χ0) is 21.1. The lowest BCUT2D eigenvalue weighted by Crippen LogP contribution is -2.59. The molecular weight excluding hydrogens is 390 g/mol. The van der Waals surface area contributed by atoms with Crippen molar-refractivity contribution in [3.8, 4) is 0 Å². The molecule has 2 N–H and O–H groups in total. The lowest BCUT2D eigenvalue weighted by Gasteiger charge is -2.43. The third kappa shape index (κ3) is 5.85. The van der Waals surface area contributed by atoms with E-state index in [0.29, 0.717) is 39.4 Å². The van der Waals surface area contributed by atoms with Crippen LogP contribution in [0.25, 0.3) is 0 Å². The molecule has 2 amide bonds. The number of benzene rings is 1. The average Bonchev–Trinajstić information content (AvgIpc) is 2.67. The number of nitrogens with zero attached hydrogens (tertiary/aromatic N) is 2. The van der Waals surface area contributed by atoms with Gasteiger partial charge in [-0.15, -0.1) is 0 Å². The first-order valence-electron chi connectivity index (χ1n) is 10.5. The molecular formula is C22H34ClN3O3. The quantitative estimate of drug-likeness (QED) is 0.764. The molecule has 1 aromatic rings. The summed E-state index contributed by atoms with van der Waals surface area (Å²) in [5, 5.41) is 14.0. The van der Waals surface area contributed by atoms with Gasteiger partial charge in [-0.1, -0.05) is 23.7 Å². The Balaban J connectivity index is 1.61. The Morgan fingerprint density at radius 1 is 1.34 bits per heavy atom. The normalized spacial score (nSPS) is 23.1. The summed E-state index contributed by atoms with van der Waals surface area (Å²) in [4.78, 5) is 17.0. The summed E-state index contributed by atoms with van der Waals surface area (Å²) in [6, 6.07) is 8.15. The molecule has 0 aliphatic carbocycles. The topological polar surface area (TPSA) is 65.0 Å². The number of carbonyl (C=O) groups excluding carboxylic acids is 1. The molecule has 2 saturated heterocycles. The van der Waals surface area contributed by atoms with Crippen molar-refractivity contribution in [3.63, 3.8) is 0 Å². The monoisotopic (exact) mass is 423 g/mol. The second-order valence-corrected chi connectivity index (χ2v) is 9.58. The molecule has 3 rings (SSSR count). The molecule has 1 aromatic carbocycles. The number of nitrogens with one attached hydrogen (secondary N) is 1. The molecule has 162 valence electrons. The number of amides is 2. The van der Waals surface area contributed by atoms with E-state index in [2.05, 4.69) is 23.2 Å². The van der Waals surface area contributed by atoms with Crippen molar-refractivity contribution in [2.45, 2.75) is 50.7 Å². The lowest BCUT2D eigenvalue weighted by molar-refractivity contribution is 0.00254. The molecule has 1 unspecified atom stereocenters. The number of halogens is 1. The average molecular weight is 424 g/mol. The second-order valence-electron chi connectivity index (χ2n) is 9.14. The first-order valence-corrected chi connectivity index (χ1v) is 10.9. The molecule has 0 spiro atoms. The van der Waals surface area contributed by atoms with Crippen LogP contribution in [0.1, 0.15) is 39.2 Å². The number of rotatable bonds is 5. The van der Waals surface area contributed by atoms with Crippen LogP contribution in [0, 0.1) is 0 Å². The molecule has 0 radical (unpaired) electrons. The van der Waals surface area contributed by atoms with E-state index in [1.54, 1.807) is 0 Å². The molecule has 2 aliphatic heterocycles. The molecule has 7 heteroatoms. The van der Waals surface area contributed by atoms with Crippen molar-refractivity contribution in [1.82, 2.24) is 15.1 Å². The lowest BCUT2D eigenvalue weighted by atomic mass is 9.74. The maximum absolute atomic E-state index is 12.9. The van der Waals surface area contributed by atoms with E-state index >= 15 is 0 Å². The van der Waals surface area contributed by atoms with Gasteiger partial charge >= 0.3 is 6.03 Å². The van der Waals surface area contributed by atoms with Crippen LogP contribution < -0.4 is 5.32 Å². The highest BCUT2D eigenvalue weighted by Gasteiger charge is 2.36. The van der Waals surface area contributed by atoms with Crippen molar-refractivity contribution < 1.29 is 14.6 Å².